The third-order valence-electron chi connectivity index (χ3n) is 8.15. The summed E-state index contributed by atoms with van der Waals surface area (Å²) in [7, 11) is -0.674. The Bertz CT molecular complexity index is 588. The van der Waals surface area contributed by atoms with Crippen LogP contribution >= 0.6 is 22.6 Å². The van der Waals surface area contributed by atoms with Crippen molar-refractivity contribution in [3.8, 4) is 0 Å². The highest BCUT2D eigenvalue weighted by molar-refractivity contribution is 14.1. The molecule has 0 aromatic rings. The van der Waals surface area contributed by atoms with Gasteiger partial charge in [0.2, 0.25) is 8.32 Å². The number of hydrogen-bond donors (Lipinski definition) is 0. The average Bonchev–Trinajstić information content (AvgIpc) is 2.70. The molecule has 0 aromatic heterocycles. The van der Waals surface area contributed by atoms with Gasteiger partial charge in [0.05, 0.1) is 12.2 Å². The van der Waals surface area contributed by atoms with Crippen molar-refractivity contribution in [3.05, 3.63) is 11.6 Å². The minimum absolute atomic E-state index is 0.00760. The molecule has 0 aliphatic rings. The zero-order chi connectivity index (χ0) is 27.1. The fourth-order valence-corrected chi connectivity index (χ4v) is 12.8. The van der Waals surface area contributed by atoms with Gasteiger partial charge < -0.3 is 18.3 Å². The van der Waals surface area contributed by atoms with E-state index in [-0.39, 0.29) is 29.5 Å². The molecule has 0 radical (unpaired) electrons. The second kappa shape index (κ2) is 14.6. The lowest BCUT2D eigenvalue weighted by atomic mass is 9.91. The lowest BCUT2D eigenvalue weighted by Gasteiger charge is -2.48. The standard InChI is InChI=1S/C27H57IO4Si2/c1-19(2)34(20(3)4,21(5)6)31-24(18-25(29-12)30-13)23(8)26(22(7)16-17-28)32-33(14,15)27(9,10)11/h16,19-21,23-26H,17-18H2,1-15H3/b22-16-/t23-,24-,26-/m0/s1. The Kier molecular flexibility index (Phi) is 14.9. The molecular formula is C27H57IO4Si2. The molecule has 0 aromatic carbocycles. The maximum absolute atomic E-state index is 7.41. The summed E-state index contributed by atoms with van der Waals surface area (Å²) in [6.07, 6.45) is 2.70. The summed E-state index contributed by atoms with van der Waals surface area (Å²) < 4.78 is 26.9. The molecule has 0 N–H and O–H groups in total. The van der Waals surface area contributed by atoms with Crippen LogP contribution in [-0.4, -0.2) is 53.8 Å². The Morgan fingerprint density at radius 2 is 1.29 bits per heavy atom. The number of rotatable bonds is 15. The second-order valence-corrected chi connectivity index (χ2v) is 23.4. The van der Waals surface area contributed by atoms with Crippen LogP contribution in [0.4, 0.5) is 0 Å². The first-order valence-corrected chi connectivity index (χ1v) is 19.6. The van der Waals surface area contributed by atoms with Crippen LogP contribution in [0.5, 0.6) is 0 Å². The van der Waals surface area contributed by atoms with Crippen molar-refractivity contribution in [1.82, 2.24) is 0 Å². The average molecular weight is 629 g/mol. The molecule has 4 nitrogen and oxygen atoms in total. The highest BCUT2D eigenvalue weighted by Gasteiger charge is 2.49. The van der Waals surface area contributed by atoms with Gasteiger partial charge >= 0.3 is 0 Å². The number of halogens is 1. The molecule has 0 amide bonds. The topological polar surface area (TPSA) is 36.9 Å². The van der Waals surface area contributed by atoms with E-state index in [1.807, 2.05) is 0 Å². The van der Waals surface area contributed by atoms with Gasteiger partial charge in [-0.05, 0) is 47.3 Å². The minimum atomic E-state index is -2.12. The van der Waals surface area contributed by atoms with E-state index >= 15 is 0 Å². The smallest absolute Gasteiger partial charge is 0.200 e. The van der Waals surface area contributed by atoms with Gasteiger partial charge in [0, 0.05) is 31.0 Å². The molecule has 7 heteroatoms. The highest BCUT2D eigenvalue weighted by atomic mass is 127. The maximum atomic E-state index is 7.41. The Morgan fingerprint density at radius 3 is 1.62 bits per heavy atom. The van der Waals surface area contributed by atoms with Gasteiger partial charge in [0.15, 0.2) is 14.6 Å². The molecule has 3 atom stereocenters. The minimum Gasteiger partial charge on any atom is -0.413 e. The summed E-state index contributed by atoms with van der Waals surface area (Å²) >= 11 is 2.43. The van der Waals surface area contributed by atoms with E-state index in [4.69, 9.17) is 18.3 Å². The first kappa shape index (κ1) is 34.7. The first-order valence-electron chi connectivity index (χ1n) is 13.1. The van der Waals surface area contributed by atoms with Crippen molar-refractivity contribution >= 4 is 39.2 Å². The highest BCUT2D eigenvalue weighted by Crippen LogP contribution is 2.46. The van der Waals surface area contributed by atoms with Crippen LogP contribution in [0.3, 0.4) is 0 Å². The quantitative estimate of drug-likeness (QED) is 0.0597. The van der Waals surface area contributed by atoms with Crippen molar-refractivity contribution < 1.29 is 18.3 Å². The van der Waals surface area contributed by atoms with Crippen LogP contribution in [0.25, 0.3) is 0 Å². The number of hydrogen-bond acceptors (Lipinski definition) is 4. The molecule has 0 heterocycles. The Morgan fingerprint density at radius 1 is 0.853 bits per heavy atom. The lowest BCUT2D eigenvalue weighted by Crippen LogP contribution is -2.54. The van der Waals surface area contributed by atoms with Gasteiger partial charge in [-0.15, -0.1) is 0 Å². The van der Waals surface area contributed by atoms with Crippen LogP contribution in [0.15, 0.2) is 11.6 Å². The zero-order valence-electron chi connectivity index (χ0n) is 25.0. The van der Waals surface area contributed by atoms with Gasteiger partial charge in [0.25, 0.3) is 0 Å². The predicted molar refractivity (Wildman–Crippen MR) is 162 cm³/mol. The molecule has 0 aliphatic carbocycles. The molecule has 204 valence electrons. The third kappa shape index (κ3) is 8.94. The van der Waals surface area contributed by atoms with E-state index in [1.165, 1.54) is 5.57 Å². The van der Waals surface area contributed by atoms with Crippen molar-refractivity contribution in [2.75, 3.05) is 18.6 Å². The molecule has 0 spiro atoms. The largest absolute Gasteiger partial charge is 0.413 e. The molecular weight excluding hydrogens is 571 g/mol. The summed E-state index contributed by atoms with van der Waals surface area (Å²) in [5, 5.41) is 0.139. The molecule has 0 fully saturated rings. The van der Waals surface area contributed by atoms with Crippen molar-refractivity contribution in [2.45, 2.75) is 136 Å². The van der Waals surface area contributed by atoms with Gasteiger partial charge in [-0.25, -0.2) is 0 Å². The summed E-state index contributed by atoms with van der Waals surface area (Å²) in [6.45, 7) is 30.3. The van der Waals surface area contributed by atoms with E-state index in [0.29, 0.717) is 23.0 Å². The van der Waals surface area contributed by atoms with E-state index in [1.54, 1.807) is 14.2 Å². The second-order valence-electron chi connectivity index (χ2n) is 12.4. The molecule has 0 saturated heterocycles. The van der Waals surface area contributed by atoms with Gasteiger partial charge in [-0.2, -0.15) is 0 Å². The number of alkyl halides is 1. The van der Waals surface area contributed by atoms with Crippen LogP contribution in [0.2, 0.25) is 34.8 Å². The molecule has 0 unspecified atom stereocenters. The normalized spacial score (nSPS) is 17.2. The maximum Gasteiger partial charge on any atom is 0.200 e. The zero-order valence-corrected chi connectivity index (χ0v) is 29.2. The Labute approximate surface area is 228 Å². The molecule has 34 heavy (non-hydrogen) atoms. The lowest BCUT2D eigenvalue weighted by molar-refractivity contribution is -0.129. The summed E-state index contributed by atoms with van der Waals surface area (Å²) in [4.78, 5) is 0. The van der Waals surface area contributed by atoms with E-state index in [9.17, 15) is 0 Å². The number of ether oxygens (including phenoxy) is 2. The van der Waals surface area contributed by atoms with Gasteiger partial charge in [0.1, 0.15) is 0 Å². The van der Waals surface area contributed by atoms with Crippen LogP contribution in [0, 0.1) is 5.92 Å². The Balaban J connectivity index is 6.61. The fourth-order valence-electron chi connectivity index (χ4n) is 5.06. The van der Waals surface area contributed by atoms with E-state index < -0.39 is 16.6 Å². The summed E-state index contributed by atoms with van der Waals surface area (Å²) in [5.74, 6) is 0.171. The van der Waals surface area contributed by atoms with E-state index in [2.05, 4.69) is 118 Å². The van der Waals surface area contributed by atoms with Gasteiger partial charge in [-0.3, -0.25) is 0 Å². The molecule has 0 aliphatic heterocycles. The summed E-state index contributed by atoms with van der Waals surface area (Å²) in [5.41, 5.74) is 2.84. The van der Waals surface area contributed by atoms with Crippen LogP contribution in [-0.2, 0) is 18.3 Å². The SMILES string of the molecule is COC(C[C@H](O[Si](C(C)C)(C(C)C)C(C)C)[C@H](C)[C@@H](O[Si](C)(C)C(C)(C)C)/C(C)=C\CI)OC. The van der Waals surface area contributed by atoms with Crippen molar-refractivity contribution in [2.24, 2.45) is 5.92 Å². The van der Waals surface area contributed by atoms with Crippen LogP contribution < -0.4 is 0 Å². The molecule has 0 rings (SSSR count). The third-order valence-corrected chi connectivity index (χ3v) is 19.2. The van der Waals surface area contributed by atoms with Crippen LogP contribution in [0.1, 0.15) is 82.6 Å². The van der Waals surface area contributed by atoms with Gasteiger partial charge in [-0.1, -0.05) is 97.9 Å². The predicted octanol–water partition coefficient (Wildman–Crippen LogP) is 8.96. The fraction of sp³-hybridized carbons (Fsp3) is 0.926. The Hall–Kier alpha value is 0.744. The molecule has 0 bridgehead atoms. The van der Waals surface area contributed by atoms with Crippen molar-refractivity contribution in [3.63, 3.8) is 0 Å². The first-order chi connectivity index (χ1) is 15.4. The summed E-state index contributed by atoms with van der Waals surface area (Å²) in [6, 6.07) is 0. The number of allylic oxidation sites excluding steroid dienone is 1. The van der Waals surface area contributed by atoms with E-state index in [0.717, 1.165) is 4.43 Å². The molecule has 0 saturated carbocycles. The van der Waals surface area contributed by atoms with Crippen molar-refractivity contribution in [1.29, 1.82) is 0 Å². The number of methoxy groups -OCH3 is 2. The monoisotopic (exact) mass is 628 g/mol.